The van der Waals surface area contributed by atoms with Crippen molar-refractivity contribution in [2.75, 3.05) is 0 Å². The maximum atomic E-state index is 13.3. The average Bonchev–Trinajstić information content (AvgIpc) is 2.34. The Morgan fingerprint density at radius 2 is 1.50 bits per heavy atom. The van der Waals surface area contributed by atoms with Crippen molar-refractivity contribution in [3.63, 3.8) is 0 Å². The fourth-order valence-electron chi connectivity index (χ4n) is 2.37. The van der Waals surface area contributed by atoms with Gasteiger partial charge in [0.25, 0.3) is 5.60 Å². The van der Waals surface area contributed by atoms with Crippen LogP contribution in [0.3, 0.4) is 0 Å². The molecule has 0 unspecified atom stereocenters. The molecule has 0 aliphatic rings. The Bertz CT molecular complexity index is 599. The highest BCUT2D eigenvalue weighted by Crippen LogP contribution is 2.55. The number of nitriles is 1. The predicted octanol–water partition coefficient (Wildman–Crippen LogP) is 5.12. The summed E-state index contributed by atoms with van der Waals surface area (Å²) in [4.78, 5) is 0. The first-order chi connectivity index (χ1) is 10.7. The van der Waals surface area contributed by atoms with Gasteiger partial charge in [-0.1, -0.05) is 20.8 Å². The van der Waals surface area contributed by atoms with E-state index in [-0.39, 0.29) is 5.56 Å². The molecule has 1 aromatic rings. The molecule has 0 fully saturated rings. The number of nitrogens with zero attached hydrogens (tertiary/aromatic N) is 1. The summed E-state index contributed by atoms with van der Waals surface area (Å²) in [5.74, 6) is -0.909. The summed E-state index contributed by atoms with van der Waals surface area (Å²) in [7, 11) is 0. The normalized spacial score (nSPS) is 13.7. The van der Waals surface area contributed by atoms with E-state index in [4.69, 9.17) is 5.26 Å². The molecule has 0 aromatic heterocycles. The van der Waals surface area contributed by atoms with E-state index in [2.05, 4.69) is 4.74 Å². The predicted molar refractivity (Wildman–Crippen MR) is 70.2 cm³/mol. The van der Waals surface area contributed by atoms with Crippen LogP contribution in [0.25, 0.3) is 0 Å². The van der Waals surface area contributed by atoms with Gasteiger partial charge in [-0.2, -0.15) is 31.6 Å². The number of rotatable bonds is 3. The molecule has 0 saturated heterocycles. The van der Waals surface area contributed by atoms with Gasteiger partial charge in [-0.25, -0.2) is 4.39 Å². The lowest BCUT2D eigenvalue weighted by Gasteiger charge is -2.45. The van der Waals surface area contributed by atoms with E-state index in [1.54, 1.807) is 6.07 Å². The van der Waals surface area contributed by atoms with Gasteiger partial charge in [-0.15, -0.1) is 0 Å². The minimum atomic E-state index is -5.77. The summed E-state index contributed by atoms with van der Waals surface area (Å²) in [5.41, 5.74) is -7.56. The van der Waals surface area contributed by atoms with Crippen molar-refractivity contribution in [2.24, 2.45) is 5.41 Å². The van der Waals surface area contributed by atoms with Gasteiger partial charge in [-0.05, 0) is 23.8 Å². The molecule has 1 aromatic carbocycles. The summed E-state index contributed by atoms with van der Waals surface area (Å²) in [6.07, 6.45) is -11.5. The first kappa shape index (κ1) is 20.2. The highest BCUT2D eigenvalue weighted by Gasteiger charge is 2.77. The van der Waals surface area contributed by atoms with Crippen LogP contribution in [0.1, 0.15) is 31.9 Å². The van der Waals surface area contributed by atoms with Gasteiger partial charge in [0.05, 0.1) is 18.2 Å². The van der Waals surface area contributed by atoms with Gasteiger partial charge >= 0.3 is 12.4 Å². The van der Waals surface area contributed by atoms with Gasteiger partial charge in [0, 0.05) is 5.41 Å². The van der Waals surface area contributed by atoms with Crippen LogP contribution in [-0.2, 0) is 11.3 Å². The van der Waals surface area contributed by atoms with Crippen molar-refractivity contribution in [3.05, 3.63) is 35.1 Å². The van der Waals surface area contributed by atoms with E-state index < -0.39 is 41.4 Å². The van der Waals surface area contributed by atoms with Gasteiger partial charge in [0.15, 0.2) is 0 Å². The molecule has 9 heteroatoms. The number of benzene rings is 1. The maximum absolute atomic E-state index is 13.3. The molecule has 0 atom stereocenters. The zero-order valence-corrected chi connectivity index (χ0v) is 12.9. The van der Waals surface area contributed by atoms with Gasteiger partial charge < -0.3 is 4.74 Å². The third-order valence-electron chi connectivity index (χ3n) is 3.49. The molecule has 0 amide bonds. The zero-order valence-electron chi connectivity index (χ0n) is 12.9. The maximum Gasteiger partial charge on any atom is 0.427 e. The zero-order chi connectivity index (χ0) is 19.0. The largest absolute Gasteiger partial charge is 0.427 e. The quantitative estimate of drug-likeness (QED) is 0.703. The molecule has 0 heterocycles. The van der Waals surface area contributed by atoms with Gasteiger partial charge in [0.1, 0.15) is 5.82 Å². The fraction of sp³-hybridized carbons (Fsp3) is 0.533. The van der Waals surface area contributed by atoms with Crippen LogP contribution in [0.5, 0.6) is 0 Å². The summed E-state index contributed by atoms with van der Waals surface area (Å²) in [5, 5.41) is 8.85. The van der Waals surface area contributed by atoms with Crippen LogP contribution in [0, 0.1) is 22.6 Å². The monoisotopic (exact) mass is 357 g/mol. The molecule has 0 aliphatic heterocycles. The Labute approximate surface area is 133 Å². The summed E-state index contributed by atoms with van der Waals surface area (Å²) < 4.78 is 97.6. The van der Waals surface area contributed by atoms with Crippen LogP contribution in [0.15, 0.2) is 18.2 Å². The molecular weight excluding hydrogens is 343 g/mol. The van der Waals surface area contributed by atoms with Crippen LogP contribution >= 0.6 is 0 Å². The van der Waals surface area contributed by atoms with Gasteiger partial charge in [-0.3, -0.25) is 0 Å². The lowest BCUT2D eigenvalue weighted by Crippen LogP contribution is -2.66. The van der Waals surface area contributed by atoms with Crippen molar-refractivity contribution in [1.82, 2.24) is 0 Å². The van der Waals surface area contributed by atoms with Crippen LogP contribution < -0.4 is 0 Å². The van der Waals surface area contributed by atoms with E-state index in [1.807, 2.05) is 0 Å². The second-order valence-corrected chi connectivity index (χ2v) is 6.13. The van der Waals surface area contributed by atoms with E-state index >= 15 is 0 Å². The van der Waals surface area contributed by atoms with Crippen molar-refractivity contribution in [2.45, 2.75) is 45.3 Å². The smallest absolute Gasteiger partial charge is 0.353 e. The Morgan fingerprint density at radius 1 is 1.00 bits per heavy atom. The molecule has 0 spiro atoms. The average molecular weight is 357 g/mol. The summed E-state index contributed by atoms with van der Waals surface area (Å²) >= 11 is 0. The summed E-state index contributed by atoms with van der Waals surface area (Å²) in [6, 6.07) is 4.05. The Kier molecular flexibility index (Phi) is 5.26. The molecule has 134 valence electrons. The van der Waals surface area contributed by atoms with E-state index in [0.717, 1.165) is 32.9 Å². The molecule has 1 rings (SSSR count). The van der Waals surface area contributed by atoms with Crippen molar-refractivity contribution in [1.29, 1.82) is 5.26 Å². The van der Waals surface area contributed by atoms with E-state index in [1.165, 1.54) is 0 Å². The third-order valence-corrected chi connectivity index (χ3v) is 3.49. The SMILES string of the molecule is CC(C)(C)C(OCc1cc(F)ccc1C#N)(C(F)(F)F)C(F)(F)F. The van der Waals surface area contributed by atoms with E-state index in [9.17, 15) is 30.7 Å². The first-order valence-electron chi connectivity index (χ1n) is 6.63. The number of hydrogen-bond donors (Lipinski definition) is 0. The molecule has 2 nitrogen and oxygen atoms in total. The van der Waals surface area contributed by atoms with Crippen LogP contribution in [-0.4, -0.2) is 18.0 Å². The van der Waals surface area contributed by atoms with Crippen molar-refractivity contribution in [3.8, 4) is 6.07 Å². The molecule has 0 bridgehead atoms. The highest BCUT2D eigenvalue weighted by atomic mass is 19.4. The fourth-order valence-corrected chi connectivity index (χ4v) is 2.37. The Balaban J connectivity index is 3.41. The van der Waals surface area contributed by atoms with Gasteiger partial charge in [0.2, 0.25) is 0 Å². The standard InChI is InChI=1S/C15H14F7NO/c1-12(2,3)13(14(17,18)19,15(20,21)22)24-8-10-6-11(16)5-4-9(10)7-23/h4-6H,8H2,1-3H3. The minimum absolute atomic E-state index is 0.274. The van der Waals surface area contributed by atoms with Crippen molar-refractivity contribution < 1.29 is 35.5 Å². The molecule has 0 radical (unpaired) electrons. The molecular formula is C15H14F7NO. The number of halogens is 7. The molecule has 0 N–H and O–H groups in total. The number of ether oxygens (including phenoxy) is 1. The molecule has 0 saturated carbocycles. The highest BCUT2D eigenvalue weighted by molar-refractivity contribution is 5.37. The molecule has 24 heavy (non-hydrogen) atoms. The third kappa shape index (κ3) is 3.48. The van der Waals surface area contributed by atoms with Crippen LogP contribution in [0.4, 0.5) is 30.7 Å². The summed E-state index contributed by atoms with van der Waals surface area (Å²) in [6.45, 7) is 0.997. The Hall–Kier alpha value is -1.82. The second-order valence-electron chi connectivity index (χ2n) is 6.13. The van der Waals surface area contributed by atoms with Crippen molar-refractivity contribution >= 4 is 0 Å². The first-order valence-corrected chi connectivity index (χ1v) is 6.63. The topological polar surface area (TPSA) is 33.0 Å². The molecule has 0 aliphatic carbocycles. The Morgan fingerprint density at radius 3 is 1.88 bits per heavy atom. The second kappa shape index (κ2) is 6.24. The van der Waals surface area contributed by atoms with E-state index in [0.29, 0.717) is 6.07 Å². The van der Waals surface area contributed by atoms with Crippen LogP contribution in [0.2, 0.25) is 0 Å². The lowest BCUT2D eigenvalue weighted by molar-refractivity contribution is -0.413. The number of hydrogen-bond acceptors (Lipinski definition) is 2. The number of alkyl halides is 6. The lowest BCUT2D eigenvalue weighted by atomic mass is 9.75. The minimum Gasteiger partial charge on any atom is -0.353 e.